The first-order valence-corrected chi connectivity index (χ1v) is 7.72. The molecule has 1 unspecified atom stereocenters. The minimum atomic E-state index is -2.01. The third-order valence-corrected chi connectivity index (χ3v) is 3.50. The molecule has 130 valence electrons. The van der Waals surface area contributed by atoms with Crippen molar-refractivity contribution in [3.8, 4) is 0 Å². The molecule has 8 nitrogen and oxygen atoms in total. The van der Waals surface area contributed by atoms with Gasteiger partial charge in [-0.05, 0) is 25.7 Å². The Labute approximate surface area is 135 Å². The average molecular weight is 326 g/mol. The summed E-state index contributed by atoms with van der Waals surface area (Å²) >= 11 is 0. The largest absolute Gasteiger partial charge is 0.479 e. The van der Waals surface area contributed by atoms with Gasteiger partial charge in [-0.15, -0.1) is 0 Å². The third-order valence-electron chi connectivity index (χ3n) is 3.50. The number of aliphatic carboxylic acids is 1. The Bertz CT molecular complexity index is 552. The number of hydrogen-bond acceptors (Lipinski definition) is 4. The molecule has 0 aliphatic rings. The van der Waals surface area contributed by atoms with Gasteiger partial charge < -0.3 is 20.8 Å². The van der Waals surface area contributed by atoms with E-state index in [0.717, 1.165) is 25.6 Å². The Hall–Kier alpha value is -2.09. The van der Waals surface area contributed by atoms with Crippen LogP contribution < -0.4 is 10.6 Å². The summed E-state index contributed by atoms with van der Waals surface area (Å²) in [6.45, 7) is 7.75. The number of amides is 2. The highest BCUT2D eigenvalue weighted by molar-refractivity contribution is 5.90. The molecule has 0 bridgehead atoms. The summed E-state index contributed by atoms with van der Waals surface area (Å²) in [6.07, 6.45) is 3.27. The third kappa shape index (κ3) is 5.55. The standard InChI is InChI=1S/C15H26N4O4/c1-5-12-11(8-17-19(12)7-6-10(2)3)18-14(22)16-9-15(4,23)13(20)21/h8,10,23H,5-7,9H2,1-4H3,(H,20,21)(H2,16,18,22). The minimum absolute atomic E-state index is 0.392. The molecule has 1 heterocycles. The monoisotopic (exact) mass is 326 g/mol. The summed E-state index contributed by atoms with van der Waals surface area (Å²) in [5.41, 5.74) is -0.513. The molecule has 0 aliphatic carbocycles. The number of carbonyl (C=O) groups excluding carboxylic acids is 1. The lowest BCUT2D eigenvalue weighted by molar-refractivity contribution is -0.155. The second kappa shape index (κ2) is 7.96. The van der Waals surface area contributed by atoms with Gasteiger partial charge in [0.05, 0.1) is 24.1 Å². The van der Waals surface area contributed by atoms with Gasteiger partial charge >= 0.3 is 12.0 Å². The maximum atomic E-state index is 11.9. The van der Waals surface area contributed by atoms with Gasteiger partial charge in [0, 0.05) is 6.54 Å². The van der Waals surface area contributed by atoms with Crippen molar-refractivity contribution in [1.29, 1.82) is 0 Å². The molecule has 0 fully saturated rings. The molecule has 2 amide bonds. The zero-order valence-corrected chi connectivity index (χ0v) is 14.1. The number of rotatable bonds is 8. The van der Waals surface area contributed by atoms with E-state index < -0.39 is 24.1 Å². The molecular formula is C15H26N4O4. The lowest BCUT2D eigenvalue weighted by Crippen LogP contribution is -2.47. The molecule has 1 atom stereocenters. The van der Waals surface area contributed by atoms with Gasteiger partial charge in [0.25, 0.3) is 0 Å². The van der Waals surface area contributed by atoms with Crippen molar-refractivity contribution >= 4 is 17.7 Å². The van der Waals surface area contributed by atoms with Crippen molar-refractivity contribution in [2.45, 2.75) is 52.7 Å². The molecule has 1 aromatic rings. The first-order chi connectivity index (χ1) is 10.7. The van der Waals surface area contributed by atoms with Crippen molar-refractivity contribution < 1.29 is 19.8 Å². The van der Waals surface area contributed by atoms with Crippen LogP contribution in [-0.4, -0.2) is 44.1 Å². The number of carboxylic acids is 1. The van der Waals surface area contributed by atoms with E-state index in [1.54, 1.807) is 6.20 Å². The number of aryl methyl sites for hydroxylation is 1. The van der Waals surface area contributed by atoms with Crippen LogP contribution in [0, 0.1) is 5.92 Å². The molecule has 8 heteroatoms. The van der Waals surface area contributed by atoms with Gasteiger partial charge in [0.15, 0.2) is 5.60 Å². The number of nitrogens with zero attached hydrogens (tertiary/aromatic N) is 2. The Morgan fingerprint density at radius 3 is 2.61 bits per heavy atom. The smallest absolute Gasteiger partial charge is 0.337 e. The predicted octanol–water partition coefficient (Wildman–Crippen LogP) is 1.45. The molecule has 1 aromatic heterocycles. The lowest BCUT2D eigenvalue weighted by Gasteiger charge is -2.18. The van der Waals surface area contributed by atoms with Crippen LogP contribution in [0.2, 0.25) is 0 Å². The van der Waals surface area contributed by atoms with Crippen molar-refractivity contribution in [2.75, 3.05) is 11.9 Å². The average Bonchev–Trinajstić information content (AvgIpc) is 2.84. The minimum Gasteiger partial charge on any atom is -0.479 e. The molecule has 0 spiro atoms. The van der Waals surface area contributed by atoms with Gasteiger partial charge in [-0.25, -0.2) is 9.59 Å². The molecule has 1 rings (SSSR count). The first kappa shape index (κ1) is 19.0. The predicted molar refractivity (Wildman–Crippen MR) is 86.3 cm³/mol. The van der Waals surface area contributed by atoms with E-state index in [2.05, 4.69) is 29.6 Å². The van der Waals surface area contributed by atoms with Crippen LogP contribution in [-0.2, 0) is 17.8 Å². The number of urea groups is 1. The first-order valence-electron chi connectivity index (χ1n) is 7.72. The summed E-state index contributed by atoms with van der Waals surface area (Å²) in [4.78, 5) is 22.6. The van der Waals surface area contributed by atoms with Crippen LogP contribution in [0.4, 0.5) is 10.5 Å². The second-order valence-electron chi connectivity index (χ2n) is 6.15. The van der Waals surface area contributed by atoms with Gasteiger partial charge in [0.1, 0.15) is 0 Å². The number of anilines is 1. The normalized spacial score (nSPS) is 13.7. The van der Waals surface area contributed by atoms with Gasteiger partial charge in [-0.3, -0.25) is 4.68 Å². The molecule has 0 radical (unpaired) electrons. The van der Waals surface area contributed by atoms with Crippen molar-refractivity contribution in [3.05, 3.63) is 11.9 Å². The number of nitrogens with one attached hydrogen (secondary N) is 2. The molecule has 0 saturated heterocycles. The molecule has 4 N–H and O–H groups in total. The van der Waals surface area contributed by atoms with Gasteiger partial charge in [-0.1, -0.05) is 20.8 Å². The molecule has 23 heavy (non-hydrogen) atoms. The Morgan fingerprint density at radius 1 is 1.43 bits per heavy atom. The topological polar surface area (TPSA) is 116 Å². The van der Waals surface area contributed by atoms with E-state index in [4.69, 9.17) is 5.11 Å². The summed E-state index contributed by atoms with van der Waals surface area (Å²) < 4.78 is 1.86. The summed E-state index contributed by atoms with van der Waals surface area (Å²) in [5, 5.41) is 27.6. The SMILES string of the molecule is CCc1c(NC(=O)NCC(C)(O)C(=O)O)cnn1CCC(C)C. The maximum Gasteiger partial charge on any atom is 0.337 e. The highest BCUT2D eigenvalue weighted by Crippen LogP contribution is 2.17. The molecule has 0 aromatic carbocycles. The van der Waals surface area contributed by atoms with E-state index >= 15 is 0 Å². The van der Waals surface area contributed by atoms with E-state index in [9.17, 15) is 14.7 Å². The van der Waals surface area contributed by atoms with Gasteiger partial charge in [-0.2, -0.15) is 5.10 Å². The quantitative estimate of drug-likeness (QED) is 0.577. The Kier molecular flexibility index (Phi) is 6.56. The van der Waals surface area contributed by atoms with E-state index in [0.29, 0.717) is 18.0 Å². The van der Waals surface area contributed by atoms with Crippen molar-refractivity contribution in [3.63, 3.8) is 0 Å². The molecule has 0 saturated carbocycles. The number of aliphatic hydroxyl groups is 1. The van der Waals surface area contributed by atoms with E-state index in [-0.39, 0.29) is 0 Å². The highest BCUT2D eigenvalue weighted by atomic mass is 16.4. The fraction of sp³-hybridized carbons (Fsp3) is 0.667. The van der Waals surface area contributed by atoms with E-state index in [1.165, 1.54) is 0 Å². The van der Waals surface area contributed by atoms with Crippen LogP contribution in [0.25, 0.3) is 0 Å². The van der Waals surface area contributed by atoms with Gasteiger partial charge in [0.2, 0.25) is 0 Å². The van der Waals surface area contributed by atoms with Crippen molar-refractivity contribution in [2.24, 2.45) is 5.92 Å². The summed E-state index contributed by atoms with van der Waals surface area (Å²) in [5.74, 6) is -0.838. The fourth-order valence-corrected chi connectivity index (χ4v) is 1.96. The summed E-state index contributed by atoms with van der Waals surface area (Å²) in [7, 11) is 0. The Balaban J connectivity index is 2.66. The summed E-state index contributed by atoms with van der Waals surface area (Å²) in [6, 6.07) is -0.579. The zero-order chi connectivity index (χ0) is 17.6. The Morgan fingerprint density at radius 2 is 2.09 bits per heavy atom. The zero-order valence-electron chi connectivity index (χ0n) is 14.1. The van der Waals surface area contributed by atoms with Crippen LogP contribution >= 0.6 is 0 Å². The number of hydrogen-bond donors (Lipinski definition) is 4. The second-order valence-corrected chi connectivity index (χ2v) is 6.15. The fourth-order valence-electron chi connectivity index (χ4n) is 1.96. The van der Waals surface area contributed by atoms with E-state index in [1.807, 2.05) is 11.6 Å². The maximum absolute atomic E-state index is 11.9. The van der Waals surface area contributed by atoms with Crippen LogP contribution in [0.3, 0.4) is 0 Å². The van der Waals surface area contributed by atoms with Crippen LogP contribution in [0.1, 0.15) is 39.8 Å². The van der Waals surface area contributed by atoms with Crippen molar-refractivity contribution in [1.82, 2.24) is 15.1 Å². The molecular weight excluding hydrogens is 300 g/mol. The van der Waals surface area contributed by atoms with Crippen LogP contribution in [0.5, 0.6) is 0 Å². The molecule has 0 aliphatic heterocycles. The van der Waals surface area contributed by atoms with Crippen LogP contribution in [0.15, 0.2) is 6.20 Å². The number of carbonyl (C=O) groups is 2. The number of carboxylic acid groups (broad SMARTS) is 1. The lowest BCUT2D eigenvalue weighted by atomic mass is 10.1. The number of aromatic nitrogens is 2. The highest BCUT2D eigenvalue weighted by Gasteiger charge is 2.30.